The predicted molar refractivity (Wildman–Crippen MR) is 64.4 cm³/mol. The van der Waals surface area contributed by atoms with Gasteiger partial charge in [-0.05, 0) is 50.9 Å². The van der Waals surface area contributed by atoms with E-state index in [1.165, 1.54) is 37.8 Å². The first kappa shape index (κ1) is 11.2. The van der Waals surface area contributed by atoms with Gasteiger partial charge in [-0.1, -0.05) is 11.6 Å². The van der Waals surface area contributed by atoms with Gasteiger partial charge in [-0.15, -0.1) is 5.10 Å². The molecule has 2 fully saturated rings. The fourth-order valence-electron chi connectivity index (χ4n) is 2.72. The van der Waals surface area contributed by atoms with Crippen LogP contribution in [0.1, 0.15) is 56.5 Å². The zero-order valence-corrected chi connectivity index (χ0v) is 10.5. The molecule has 0 aromatic carbocycles. The molecule has 4 nitrogen and oxygen atoms in total. The number of hydrogen-bond donors (Lipinski definition) is 1. The molecule has 0 bridgehead atoms. The van der Waals surface area contributed by atoms with Crippen LogP contribution in [0.5, 0.6) is 0 Å². The van der Waals surface area contributed by atoms with Crippen LogP contribution < -0.4 is 0 Å². The van der Waals surface area contributed by atoms with Gasteiger partial charge in [-0.2, -0.15) is 0 Å². The first-order valence-corrected chi connectivity index (χ1v) is 6.83. The van der Waals surface area contributed by atoms with Gasteiger partial charge in [0.25, 0.3) is 0 Å². The Balaban J connectivity index is 1.83. The minimum absolute atomic E-state index is 0.0272. The van der Waals surface area contributed by atoms with E-state index < -0.39 is 0 Å². The first-order valence-electron chi connectivity index (χ1n) is 6.83. The highest BCUT2D eigenvalue weighted by molar-refractivity contribution is 5.12. The molecule has 1 unspecified atom stereocenters. The van der Waals surface area contributed by atoms with Gasteiger partial charge >= 0.3 is 0 Å². The van der Waals surface area contributed by atoms with E-state index >= 15 is 0 Å². The van der Waals surface area contributed by atoms with Gasteiger partial charge in [-0.25, -0.2) is 4.68 Å². The molecule has 94 valence electrons. The summed E-state index contributed by atoms with van der Waals surface area (Å²) < 4.78 is 2.09. The third-order valence-corrected chi connectivity index (χ3v) is 4.42. The molecule has 1 atom stereocenters. The van der Waals surface area contributed by atoms with Gasteiger partial charge in [0.2, 0.25) is 0 Å². The fraction of sp³-hybridized carbons (Fsp3) is 0.846. The summed E-state index contributed by atoms with van der Waals surface area (Å²) in [6.07, 6.45) is 7.70. The molecule has 0 spiro atoms. The van der Waals surface area contributed by atoms with Crippen LogP contribution in [0.15, 0.2) is 0 Å². The van der Waals surface area contributed by atoms with Crippen LogP contribution in [0.3, 0.4) is 0 Å². The fourth-order valence-corrected chi connectivity index (χ4v) is 2.72. The molecule has 1 heterocycles. The molecule has 3 rings (SSSR count). The zero-order chi connectivity index (χ0) is 11.8. The van der Waals surface area contributed by atoms with E-state index in [0.29, 0.717) is 6.04 Å². The van der Waals surface area contributed by atoms with E-state index in [4.69, 9.17) is 0 Å². The second kappa shape index (κ2) is 4.41. The van der Waals surface area contributed by atoms with Gasteiger partial charge in [0.1, 0.15) is 5.69 Å². The van der Waals surface area contributed by atoms with Crippen LogP contribution in [-0.4, -0.2) is 20.1 Å². The molecule has 0 saturated heterocycles. The Morgan fingerprint density at radius 1 is 1.35 bits per heavy atom. The Hall–Kier alpha value is -0.900. The minimum atomic E-state index is 0.0272. The summed E-state index contributed by atoms with van der Waals surface area (Å²) in [5.41, 5.74) is 1.98. The molecule has 0 radical (unpaired) electrons. The first-order chi connectivity index (χ1) is 8.29. The second-order valence-corrected chi connectivity index (χ2v) is 5.66. The quantitative estimate of drug-likeness (QED) is 0.850. The minimum Gasteiger partial charge on any atom is -0.390 e. The lowest BCUT2D eigenvalue weighted by atomic mass is 9.80. The summed E-state index contributed by atoms with van der Waals surface area (Å²) in [6, 6.07) is 0.449. The summed E-state index contributed by atoms with van der Waals surface area (Å²) >= 11 is 0. The monoisotopic (exact) mass is 235 g/mol. The van der Waals surface area contributed by atoms with E-state index in [2.05, 4.69) is 21.9 Å². The lowest BCUT2D eigenvalue weighted by molar-refractivity contribution is 0.204. The van der Waals surface area contributed by atoms with Crippen molar-refractivity contribution < 1.29 is 5.11 Å². The molecule has 0 aliphatic heterocycles. The van der Waals surface area contributed by atoms with Crippen LogP contribution in [0.2, 0.25) is 0 Å². The third kappa shape index (κ3) is 2.10. The van der Waals surface area contributed by atoms with Crippen molar-refractivity contribution in [2.24, 2.45) is 11.8 Å². The molecule has 4 heteroatoms. The maximum atomic E-state index is 9.34. The van der Waals surface area contributed by atoms with Gasteiger partial charge in [0.05, 0.1) is 18.3 Å². The summed E-state index contributed by atoms with van der Waals surface area (Å²) in [6.45, 7) is 2.27. The van der Waals surface area contributed by atoms with Gasteiger partial charge < -0.3 is 5.11 Å². The van der Waals surface area contributed by atoms with E-state index in [1.54, 1.807) is 0 Å². The van der Waals surface area contributed by atoms with Crippen LogP contribution in [-0.2, 0) is 13.0 Å². The highest BCUT2D eigenvalue weighted by Crippen LogP contribution is 2.38. The highest BCUT2D eigenvalue weighted by Gasteiger charge is 2.31. The van der Waals surface area contributed by atoms with Gasteiger partial charge in [-0.3, -0.25) is 0 Å². The molecule has 1 aromatic heterocycles. The van der Waals surface area contributed by atoms with E-state index in [9.17, 15) is 5.11 Å². The molecule has 17 heavy (non-hydrogen) atoms. The summed E-state index contributed by atoms with van der Waals surface area (Å²) in [5, 5.41) is 17.8. The number of aromatic nitrogens is 3. The average Bonchev–Trinajstić information content (AvgIpc) is 2.94. The summed E-state index contributed by atoms with van der Waals surface area (Å²) in [7, 11) is 0. The van der Waals surface area contributed by atoms with Crippen LogP contribution in [0.4, 0.5) is 0 Å². The van der Waals surface area contributed by atoms with Crippen molar-refractivity contribution in [1.29, 1.82) is 0 Å². The van der Waals surface area contributed by atoms with Crippen molar-refractivity contribution in [1.82, 2.24) is 15.0 Å². The maximum absolute atomic E-state index is 9.34. The molecule has 1 N–H and O–H groups in total. The van der Waals surface area contributed by atoms with Gasteiger partial charge in [0.15, 0.2) is 0 Å². The molecule has 2 aliphatic carbocycles. The standard InChI is InChI=1S/C13H21N3O/c1-9(11-3-2-4-11)16-13(7-10-5-6-10)12(8-17)14-15-16/h9-11,17H,2-8H2,1H3. The Labute approximate surface area is 102 Å². The second-order valence-electron chi connectivity index (χ2n) is 5.66. The molecular weight excluding hydrogens is 214 g/mol. The average molecular weight is 235 g/mol. The van der Waals surface area contributed by atoms with E-state index in [0.717, 1.165) is 24.0 Å². The SMILES string of the molecule is CC(C1CCC1)n1nnc(CO)c1CC1CC1. The number of hydrogen-bond acceptors (Lipinski definition) is 3. The number of aliphatic hydroxyl groups excluding tert-OH is 1. The molecule has 2 saturated carbocycles. The number of rotatable bonds is 5. The third-order valence-electron chi connectivity index (χ3n) is 4.42. The number of nitrogens with zero attached hydrogens (tertiary/aromatic N) is 3. The summed E-state index contributed by atoms with van der Waals surface area (Å²) in [4.78, 5) is 0. The number of aliphatic hydroxyl groups is 1. The Bertz CT molecular complexity index is 393. The Morgan fingerprint density at radius 2 is 2.12 bits per heavy atom. The molecule has 2 aliphatic rings. The smallest absolute Gasteiger partial charge is 0.111 e. The van der Waals surface area contributed by atoms with Crippen molar-refractivity contribution in [2.75, 3.05) is 0 Å². The van der Waals surface area contributed by atoms with E-state index in [-0.39, 0.29) is 6.61 Å². The zero-order valence-electron chi connectivity index (χ0n) is 10.5. The maximum Gasteiger partial charge on any atom is 0.111 e. The van der Waals surface area contributed by atoms with Crippen molar-refractivity contribution in [3.05, 3.63) is 11.4 Å². The molecular formula is C13H21N3O. The van der Waals surface area contributed by atoms with Gasteiger partial charge in [0, 0.05) is 0 Å². The Morgan fingerprint density at radius 3 is 2.65 bits per heavy atom. The lowest BCUT2D eigenvalue weighted by Crippen LogP contribution is -2.25. The lowest BCUT2D eigenvalue weighted by Gasteiger charge is -2.32. The summed E-state index contributed by atoms with van der Waals surface area (Å²) in [5.74, 6) is 1.58. The van der Waals surface area contributed by atoms with Crippen molar-refractivity contribution in [2.45, 2.75) is 58.1 Å². The molecule has 0 amide bonds. The largest absolute Gasteiger partial charge is 0.390 e. The van der Waals surface area contributed by atoms with Crippen molar-refractivity contribution in [3.63, 3.8) is 0 Å². The Kier molecular flexibility index (Phi) is 2.90. The van der Waals surface area contributed by atoms with Crippen molar-refractivity contribution >= 4 is 0 Å². The van der Waals surface area contributed by atoms with Crippen LogP contribution >= 0.6 is 0 Å². The normalized spacial score (nSPS) is 22.5. The van der Waals surface area contributed by atoms with Crippen LogP contribution in [0.25, 0.3) is 0 Å². The predicted octanol–water partition coefficient (Wildman–Crippen LogP) is 2.08. The highest BCUT2D eigenvalue weighted by atomic mass is 16.3. The van der Waals surface area contributed by atoms with Crippen molar-refractivity contribution in [3.8, 4) is 0 Å². The topological polar surface area (TPSA) is 50.9 Å². The van der Waals surface area contributed by atoms with E-state index in [1.807, 2.05) is 0 Å². The molecule has 1 aromatic rings. The van der Waals surface area contributed by atoms with Crippen LogP contribution in [0, 0.1) is 11.8 Å².